The minimum Gasteiger partial charge on any atom is -0.493 e. The van der Waals surface area contributed by atoms with Gasteiger partial charge < -0.3 is 19.5 Å². The van der Waals surface area contributed by atoms with Crippen molar-refractivity contribution in [1.29, 1.82) is 0 Å². The number of hydrogen-bond acceptors (Lipinski definition) is 6. The molecule has 3 aromatic rings. The summed E-state index contributed by atoms with van der Waals surface area (Å²) in [5.41, 5.74) is 3.66. The summed E-state index contributed by atoms with van der Waals surface area (Å²) >= 11 is 0. The average Bonchev–Trinajstić information content (AvgIpc) is 2.79. The molecule has 144 valence electrons. The van der Waals surface area contributed by atoms with E-state index in [1.165, 1.54) is 0 Å². The molecule has 6 nitrogen and oxygen atoms in total. The second kappa shape index (κ2) is 8.37. The van der Waals surface area contributed by atoms with E-state index in [4.69, 9.17) is 24.2 Å². The van der Waals surface area contributed by atoms with Gasteiger partial charge in [-0.05, 0) is 24.3 Å². The molecule has 4 rings (SSSR count). The molecule has 2 aromatic carbocycles. The van der Waals surface area contributed by atoms with Gasteiger partial charge in [0.25, 0.3) is 0 Å². The molecular weight excluding hydrogens is 354 g/mol. The third-order valence-corrected chi connectivity index (χ3v) is 4.71. The predicted octanol–water partition coefficient (Wildman–Crippen LogP) is 3.49. The van der Waals surface area contributed by atoms with Crippen LogP contribution in [-0.4, -0.2) is 43.9 Å². The highest BCUT2D eigenvalue weighted by molar-refractivity contribution is 5.69. The van der Waals surface area contributed by atoms with E-state index < -0.39 is 0 Å². The van der Waals surface area contributed by atoms with Gasteiger partial charge in [-0.25, -0.2) is 9.97 Å². The molecule has 0 bridgehead atoms. The third-order valence-electron chi connectivity index (χ3n) is 4.71. The first-order valence-corrected chi connectivity index (χ1v) is 9.27. The zero-order chi connectivity index (χ0) is 19.3. The van der Waals surface area contributed by atoms with Crippen LogP contribution in [0.15, 0.2) is 54.6 Å². The second-order valence-electron chi connectivity index (χ2n) is 6.50. The van der Waals surface area contributed by atoms with Gasteiger partial charge in [-0.1, -0.05) is 30.3 Å². The number of morpholine rings is 1. The number of rotatable bonds is 5. The standard InChI is InChI=1S/C22H23N3O3/c1-26-19-9-8-16(12-20(19)27-2)18-13-17(15-6-4-3-5-7-15)24-22(25-18)21-14-23-10-11-28-21/h3-9,12-13,21,23H,10-11,14H2,1-2H3. The zero-order valence-electron chi connectivity index (χ0n) is 16.0. The van der Waals surface area contributed by atoms with Crippen LogP contribution >= 0.6 is 0 Å². The first-order valence-electron chi connectivity index (χ1n) is 9.27. The van der Waals surface area contributed by atoms with Gasteiger partial charge >= 0.3 is 0 Å². The fourth-order valence-electron chi connectivity index (χ4n) is 3.24. The van der Waals surface area contributed by atoms with E-state index >= 15 is 0 Å². The van der Waals surface area contributed by atoms with E-state index in [0.29, 0.717) is 30.5 Å². The van der Waals surface area contributed by atoms with Gasteiger partial charge in [0, 0.05) is 24.2 Å². The summed E-state index contributed by atoms with van der Waals surface area (Å²) in [4.78, 5) is 9.61. The van der Waals surface area contributed by atoms with Crippen LogP contribution in [0.2, 0.25) is 0 Å². The minimum atomic E-state index is -0.170. The zero-order valence-corrected chi connectivity index (χ0v) is 16.0. The minimum absolute atomic E-state index is 0.170. The first kappa shape index (κ1) is 18.4. The summed E-state index contributed by atoms with van der Waals surface area (Å²) in [6.07, 6.45) is -0.170. The van der Waals surface area contributed by atoms with Crippen molar-refractivity contribution in [2.24, 2.45) is 0 Å². The van der Waals surface area contributed by atoms with Crippen LogP contribution in [0.5, 0.6) is 11.5 Å². The molecule has 6 heteroatoms. The van der Waals surface area contributed by atoms with Crippen LogP contribution < -0.4 is 14.8 Å². The van der Waals surface area contributed by atoms with Gasteiger partial charge in [-0.15, -0.1) is 0 Å². The predicted molar refractivity (Wildman–Crippen MR) is 108 cm³/mol. The quantitative estimate of drug-likeness (QED) is 0.734. The number of nitrogens with one attached hydrogen (secondary N) is 1. The molecule has 1 aliphatic heterocycles. The largest absolute Gasteiger partial charge is 0.493 e. The Morgan fingerprint density at radius 1 is 0.893 bits per heavy atom. The summed E-state index contributed by atoms with van der Waals surface area (Å²) in [5.74, 6) is 2.03. The molecule has 28 heavy (non-hydrogen) atoms. The van der Waals surface area contributed by atoms with Crippen LogP contribution in [0.25, 0.3) is 22.5 Å². The maximum Gasteiger partial charge on any atom is 0.161 e. The molecule has 1 aromatic heterocycles. The van der Waals surface area contributed by atoms with Crippen molar-refractivity contribution in [3.8, 4) is 34.0 Å². The fraction of sp³-hybridized carbons (Fsp3) is 0.273. The first-order chi connectivity index (χ1) is 13.8. The molecule has 0 spiro atoms. The summed E-state index contributed by atoms with van der Waals surface area (Å²) in [6.45, 7) is 2.19. The van der Waals surface area contributed by atoms with E-state index in [9.17, 15) is 0 Å². The topological polar surface area (TPSA) is 65.5 Å². The van der Waals surface area contributed by atoms with Crippen LogP contribution in [-0.2, 0) is 4.74 Å². The summed E-state index contributed by atoms with van der Waals surface area (Å²) in [5, 5.41) is 3.34. The van der Waals surface area contributed by atoms with Crippen LogP contribution in [0.3, 0.4) is 0 Å². The lowest BCUT2D eigenvalue weighted by molar-refractivity contribution is 0.0222. The molecule has 0 amide bonds. The van der Waals surface area contributed by atoms with Crippen molar-refractivity contribution in [3.63, 3.8) is 0 Å². The van der Waals surface area contributed by atoms with Gasteiger partial charge in [0.05, 0.1) is 32.2 Å². The van der Waals surface area contributed by atoms with E-state index in [1.54, 1.807) is 14.2 Å². The van der Waals surface area contributed by atoms with Crippen molar-refractivity contribution in [1.82, 2.24) is 15.3 Å². The Kier molecular flexibility index (Phi) is 5.50. The molecule has 0 saturated carbocycles. The number of benzene rings is 2. The van der Waals surface area contributed by atoms with Crippen molar-refractivity contribution in [2.75, 3.05) is 33.9 Å². The molecule has 0 aliphatic carbocycles. The van der Waals surface area contributed by atoms with Crippen LogP contribution in [0.1, 0.15) is 11.9 Å². The molecule has 1 N–H and O–H groups in total. The SMILES string of the molecule is COc1ccc(-c2cc(-c3ccccc3)nc(C3CNCCO3)n2)cc1OC. The highest BCUT2D eigenvalue weighted by Gasteiger charge is 2.21. The van der Waals surface area contributed by atoms with Crippen LogP contribution in [0.4, 0.5) is 0 Å². The van der Waals surface area contributed by atoms with E-state index in [-0.39, 0.29) is 6.10 Å². The number of methoxy groups -OCH3 is 2. The number of ether oxygens (including phenoxy) is 3. The average molecular weight is 377 g/mol. The van der Waals surface area contributed by atoms with Crippen molar-refractivity contribution in [3.05, 3.63) is 60.4 Å². The van der Waals surface area contributed by atoms with Gasteiger partial charge in [0.15, 0.2) is 17.3 Å². The fourth-order valence-corrected chi connectivity index (χ4v) is 3.24. The number of aromatic nitrogens is 2. The lowest BCUT2D eigenvalue weighted by Gasteiger charge is -2.23. The normalized spacial score (nSPS) is 16.6. The Labute approximate surface area is 164 Å². The number of hydrogen-bond donors (Lipinski definition) is 1. The lowest BCUT2D eigenvalue weighted by atomic mass is 10.1. The van der Waals surface area contributed by atoms with E-state index in [2.05, 4.69) is 5.32 Å². The van der Waals surface area contributed by atoms with Gasteiger partial charge in [0.1, 0.15) is 6.10 Å². The second-order valence-corrected chi connectivity index (χ2v) is 6.50. The highest BCUT2D eigenvalue weighted by Crippen LogP contribution is 2.33. The molecule has 1 fully saturated rings. The third kappa shape index (κ3) is 3.83. The summed E-state index contributed by atoms with van der Waals surface area (Å²) in [7, 11) is 3.26. The van der Waals surface area contributed by atoms with Gasteiger partial charge in [-0.3, -0.25) is 0 Å². The van der Waals surface area contributed by atoms with Gasteiger partial charge in [0.2, 0.25) is 0 Å². The molecule has 2 heterocycles. The smallest absolute Gasteiger partial charge is 0.161 e. The summed E-state index contributed by atoms with van der Waals surface area (Å²) < 4.78 is 16.7. The Balaban J connectivity index is 1.82. The molecular formula is C22H23N3O3. The molecule has 1 aliphatic rings. The van der Waals surface area contributed by atoms with E-state index in [1.807, 2.05) is 54.6 Å². The Morgan fingerprint density at radius 3 is 2.32 bits per heavy atom. The highest BCUT2D eigenvalue weighted by atomic mass is 16.5. The Morgan fingerprint density at radius 2 is 1.64 bits per heavy atom. The van der Waals surface area contributed by atoms with Crippen LogP contribution in [0, 0.1) is 0 Å². The lowest BCUT2D eigenvalue weighted by Crippen LogP contribution is -2.34. The molecule has 1 saturated heterocycles. The summed E-state index contributed by atoms with van der Waals surface area (Å²) in [6, 6.07) is 17.9. The monoisotopic (exact) mass is 377 g/mol. The molecule has 1 unspecified atom stereocenters. The van der Waals surface area contributed by atoms with Crippen molar-refractivity contribution < 1.29 is 14.2 Å². The maximum absolute atomic E-state index is 5.89. The Bertz CT molecular complexity index is 941. The van der Waals surface area contributed by atoms with Gasteiger partial charge in [-0.2, -0.15) is 0 Å². The molecule has 0 radical (unpaired) electrons. The maximum atomic E-state index is 5.89. The number of nitrogens with zero attached hydrogens (tertiary/aromatic N) is 2. The molecule has 1 atom stereocenters. The van der Waals surface area contributed by atoms with Crippen molar-refractivity contribution >= 4 is 0 Å². The van der Waals surface area contributed by atoms with E-state index in [0.717, 1.165) is 29.1 Å². The Hall–Kier alpha value is -2.96. The van der Waals surface area contributed by atoms with Crippen molar-refractivity contribution in [2.45, 2.75) is 6.10 Å².